The molecule has 2 unspecified atom stereocenters. The van der Waals surface area contributed by atoms with Gasteiger partial charge in [-0.1, -0.05) is 83.4 Å². The SMILES string of the molecule is C=C(CO)C(=C)OCCC(CC)C(COC)c1ccc(C2CCC(CCCCC)CC2)cc1. The minimum Gasteiger partial charge on any atom is -0.494 e. The van der Waals surface area contributed by atoms with Crippen LogP contribution in [0, 0.1) is 11.8 Å². The molecular weight excluding hydrogens is 408 g/mol. The summed E-state index contributed by atoms with van der Waals surface area (Å²) in [4.78, 5) is 0. The Morgan fingerprint density at radius 1 is 1.06 bits per heavy atom. The maximum Gasteiger partial charge on any atom is 0.117 e. The van der Waals surface area contributed by atoms with E-state index in [4.69, 9.17) is 9.47 Å². The molecule has 0 amide bonds. The van der Waals surface area contributed by atoms with Crippen LogP contribution in [0.5, 0.6) is 0 Å². The minimum atomic E-state index is -0.116. The Hall–Kier alpha value is -1.58. The summed E-state index contributed by atoms with van der Waals surface area (Å²) >= 11 is 0. The van der Waals surface area contributed by atoms with Crippen molar-refractivity contribution in [1.29, 1.82) is 0 Å². The van der Waals surface area contributed by atoms with Crippen molar-refractivity contribution in [3.05, 3.63) is 59.9 Å². The molecule has 33 heavy (non-hydrogen) atoms. The third-order valence-electron chi connectivity index (χ3n) is 7.69. The molecule has 2 atom stereocenters. The fourth-order valence-corrected chi connectivity index (χ4v) is 5.38. The Kier molecular flexibility index (Phi) is 12.9. The van der Waals surface area contributed by atoms with Gasteiger partial charge in [0.25, 0.3) is 0 Å². The van der Waals surface area contributed by atoms with Crippen molar-refractivity contribution in [2.75, 3.05) is 26.9 Å². The molecule has 2 rings (SSSR count). The van der Waals surface area contributed by atoms with Crippen LogP contribution in [-0.2, 0) is 9.47 Å². The van der Waals surface area contributed by atoms with Crippen LogP contribution in [-0.4, -0.2) is 32.0 Å². The van der Waals surface area contributed by atoms with Crippen molar-refractivity contribution in [3.8, 4) is 0 Å². The van der Waals surface area contributed by atoms with Gasteiger partial charge in [-0.25, -0.2) is 0 Å². The quantitative estimate of drug-likeness (QED) is 0.157. The average Bonchev–Trinajstić information content (AvgIpc) is 2.85. The summed E-state index contributed by atoms with van der Waals surface area (Å²) in [6.45, 7) is 13.3. The zero-order chi connectivity index (χ0) is 24.1. The average molecular weight is 457 g/mol. The van der Waals surface area contributed by atoms with Gasteiger partial charge in [-0.15, -0.1) is 0 Å². The van der Waals surface area contributed by atoms with Crippen molar-refractivity contribution in [2.24, 2.45) is 11.8 Å². The first kappa shape index (κ1) is 27.7. The molecule has 1 fully saturated rings. The highest BCUT2D eigenvalue weighted by Crippen LogP contribution is 2.39. The van der Waals surface area contributed by atoms with Gasteiger partial charge in [0.05, 0.1) is 19.8 Å². The molecule has 1 aliphatic rings. The smallest absolute Gasteiger partial charge is 0.117 e. The van der Waals surface area contributed by atoms with Crippen molar-refractivity contribution in [3.63, 3.8) is 0 Å². The van der Waals surface area contributed by atoms with Crippen molar-refractivity contribution < 1.29 is 14.6 Å². The standard InChI is InChI=1S/C30H48O3/c1-6-8-9-10-25-11-13-27(14-12-25)28-15-17-29(18-16-28)30(22-32-5)26(7-2)19-20-33-24(4)23(3)21-31/h15-18,25-27,30-31H,3-4,6-14,19-22H2,1-2,5H3. The highest BCUT2D eigenvalue weighted by Gasteiger charge is 2.25. The van der Waals surface area contributed by atoms with Crippen LogP contribution in [0.25, 0.3) is 0 Å². The molecule has 1 aromatic rings. The van der Waals surface area contributed by atoms with Crippen LogP contribution in [0.4, 0.5) is 0 Å². The van der Waals surface area contributed by atoms with Gasteiger partial charge in [0.15, 0.2) is 0 Å². The van der Waals surface area contributed by atoms with Gasteiger partial charge in [0, 0.05) is 18.6 Å². The molecule has 0 spiro atoms. The molecule has 1 N–H and O–H groups in total. The Balaban J connectivity index is 1.93. The highest BCUT2D eigenvalue weighted by molar-refractivity contribution is 5.29. The fraction of sp³-hybridized carbons (Fsp3) is 0.667. The molecule has 0 radical (unpaired) electrons. The van der Waals surface area contributed by atoms with Gasteiger partial charge >= 0.3 is 0 Å². The Morgan fingerprint density at radius 3 is 2.33 bits per heavy atom. The summed E-state index contributed by atoms with van der Waals surface area (Å²) in [7, 11) is 1.79. The molecule has 0 bridgehead atoms. The number of methoxy groups -OCH3 is 1. The molecule has 3 nitrogen and oxygen atoms in total. The van der Waals surface area contributed by atoms with Crippen LogP contribution in [0.15, 0.2) is 48.8 Å². The maximum absolute atomic E-state index is 9.18. The zero-order valence-electron chi connectivity index (χ0n) is 21.5. The molecule has 1 saturated carbocycles. The van der Waals surface area contributed by atoms with Crippen molar-refractivity contribution in [1.82, 2.24) is 0 Å². The Bertz CT molecular complexity index is 685. The van der Waals surface area contributed by atoms with Crippen molar-refractivity contribution >= 4 is 0 Å². The first-order chi connectivity index (χ1) is 16.0. The predicted molar refractivity (Wildman–Crippen MR) is 140 cm³/mol. The summed E-state index contributed by atoms with van der Waals surface area (Å²) in [5, 5.41) is 9.18. The summed E-state index contributed by atoms with van der Waals surface area (Å²) in [5.74, 6) is 2.98. The predicted octanol–water partition coefficient (Wildman–Crippen LogP) is 7.77. The lowest BCUT2D eigenvalue weighted by Gasteiger charge is -2.30. The normalized spacial score (nSPS) is 20.2. The second kappa shape index (κ2) is 15.3. The number of aliphatic hydroxyl groups excluding tert-OH is 1. The van der Waals surface area contributed by atoms with Gasteiger partial charge in [0.2, 0.25) is 0 Å². The van der Waals surface area contributed by atoms with Gasteiger partial charge in [0.1, 0.15) is 5.76 Å². The van der Waals surface area contributed by atoms with Gasteiger partial charge in [-0.3, -0.25) is 0 Å². The molecule has 186 valence electrons. The minimum absolute atomic E-state index is 0.116. The monoisotopic (exact) mass is 456 g/mol. The van der Waals surface area contributed by atoms with Crippen LogP contribution in [0.3, 0.4) is 0 Å². The Labute approximate surface area is 203 Å². The van der Waals surface area contributed by atoms with Crippen LogP contribution in [0.1, 0.15) is 101 Å². The van der Waals surface area contributed by atoms with E-state index in [-0.39, 0.29) is 6.61 Å². The zero-order valence-corrected chi connectivity index (χ0v) is 21.5. The van der Waals surface area contributed by atoms with Crippen LogP contribution in [0.2, 0.25) is 0 Å². The van der Waals surface area contributed by atoms with E-state index in [1.54, 1.807) is 7.11 Å². The van der Waals surface area contributed by atoms with Crippen molar-refractivity contribution in [2.45, 2.75) is 89.9 Å². The highest BCUT2D eigenvalue weighted by atomic mass is 16.5. The molecule has 1 aromatic carbocycles. The topological polar surface area (TPSA) is 38.7 Å². The molecule has 0 heterocycles. The second-order valence-electron chi connectivity index (χ2n) is 9.93. The number of aliphatic hydroxyl groups is 1. The first-order valence-electron chi connectivity index (χ1n) is 13.2. The first-order valence-corrected chi connectivity index (χ1v) is 13.2. The molecule has 0 aromatic heterocycles. The number of rotatable bonds is 16. The van der Waals surface area contributed by atoms with E-state index in [0.29, 0.717) is 36.4 Å². The van der Waals surface area contributed by atoms with Gasteiger partial charge in [-0.05, 0) is 61.0 Å². The number of benzene rings is 1. The third-order valence-corrected chi connectivity index (χ3v) is 7.69. The summed E-state index contributed by atoms with van der Waals surface area (Å²) < 4.78 is 11.4. The summed E-state index contributed by atoms with van der Waals surface area (Å²) in [5.41, 5.74) is 3.42. The lowest BCUT2D eigenvalue weighted by atomic mass is 9.76. The van der Waals surface area contributed by atoms with E-state index in [2.05, 4.69) is 51.3 Å². The van der Waals surface area contributed by atoms with E-state index in [0.717, 1.165) is 24.7 Å². The molecule has 3 heteroatoms. The number of unbranched alkanes of at least 4 members (excludes halogenated alkanes) is 2. The largest absolute Gasteiger partial charge is 0.494 e. The molecule has 0 saturated heterocycles. The van der Waals surface area contributed by atoms with Gasteiger partial charge in [-0.2, -0.15) is 0 Å². The third kappa shape index (κ3) is 8.94. The maximum atomic E-state index is 9.18. The summed E-state index contributed by atoms with van der Waals surface area (Å²) in [6, 6.07) is 9.41. The van der Waals surface area contributed by atoms with E-state index in [1.165, 1.54) is 62.5 Å². The number of hydrogen-bond acceptors (Lipinski definition) is 3. The number of hydrogen-bond donors (Lipinski definition) is 1. The second-order valence-corrected chi connectivity index (χ2v) is 9.93. The fourth-order valence-electron chi connectivity index (χ4n) is 5.38. The lowest BCUT2D eigenvalue weighted by molar-refractivity contribution is 0.132. The van der Waals surface area contributed by atoms with E-state index >= 15 is 0 Å². The molecule has 0 aliphatic heterocycles. The van der Waals surface area contributed by atoms with E-state index in [9.17, 15) is 5.11 Å². The molecule has 1 aliphatic carbocycles. The van der Waals surface area contributed by atoms with Crippen LogP contribution >= 0.6 is 0 Å². The van der Waals surface area contributed by atoms with Crippen LogP contribution < -0.4 is 0 Å². The van der Waals surface area contributed by atoms with E-state index in [1.807, 2.05) is 0 Å². The Morgan fingerprint density at radius 2 is 1.76 bits per heavy atom. The number of ether oxygens (including phenoxy) is 2. The van der Waals surface area contributed by atoms with E-state index < -0.39 is 0 Å². The summed E-state index contributed by atoms with van der Waals surface area (Å²) in [6.07, 6.45) is 13.0. The van der Waals surface area contributed by atoms with Gasteiger partial charge < -0.3 is 14.6 Å². The molecular formula is C30H48O3. The lowest BCUT2D eigenvalue weighted by Crippen LogP contribution is -2.19.